The summed E-state index contributed by atoms with van der Waals surface area (Å²) in [5.74, 6) is 0.670. The number of nitro groups is 1. The molecule has 21 heavy (non-hydrogen) atoms. The van der Waals surface area contributed by atoms with Crippen LogP contribution < -0.4 is 5.32 Å². The van der Waals surface area contributed by atoms with E-state index in [1.807, 2.05) is 13.0 Å². The first-order valence-electron chi connectivity index (χ1n) is 6.58. The maximum absolute atomic E-state index is 10.8. The van der Waals surface area contributed by atoms with E-state index in [0.29, 0.717) is 17.5 Å². The average Bonchev–Trinajstić information content (AvgIpc) is 2.48. The van der Waals surface area contributed by atoms with Gasteiger partial charge in [-0.1, -0.05) is 37.1 Å². The van der Waals surface area contributed by atoms with Gasteiger partial charge in [0.1, 0.15) is 17.3 Å². The molecule has 2 rings (SSSR count). The molecule has 0 unspecified atom stereocenters. The average molecular weight is 307 g/mol. The minimum Gasteiger partial charge on any atom is -0.366 e. The van der Waals surface area contributed by atoms with Gasteiger partial charge in [0, 0.05) is 24.2 Å². The van der Waals surface area contributed by atoms with E-state index in [1.54, 1.807) is 6.07 Å². The van der Waals surface area contributed by atoms with E-state index in [4.69, 9.17) is 11.6 Å². The maximum Gasteiger partial charge on any atom is 0.269 e. The number of hydrogen-bond donors (Lipinski definition) is 1. The van der Waals surface area contributed by atoms with E-state index in [2.05, 4.69) is 15.3 Å². The summed E-state index contributed by atoms with van der Waals surface area (Å²) in [6.07, 6.45) is 3.10. The molecule has 0 atom stereocenters. The number of nitro benzene ring substituents is 1. The van der Waals surface area contributed by atoms with Crippen LogP contribution in [0.3, 0.4) is 0 Å². The number of anilines is 1. The molecule has 0 saturated carbocycles. The molecule has 0 fully saturated rings. The highest BCUT2D eigenvalue weighted by Gasteiger charge is 2.10. The Morgan fingerprint density at radius 1 is 1.38 bits per heavy atom. The summed E-state index contributed by atoms with van der Waals surface area (Å²) in [6.45, 7) is 2.49. The number of aromatic nitrogens is 2. The fraction of sp³-hybridized carbons (Fsp3) is 0.286. The number of nitrogens with one attached hydrogen (secondary N) is 1. The van der Waals surface area contributed by atoms with Gasteiger partial charge in [0.2, 0.25) is 0 Å². The topological polar surface area (TPSA) is 81.0 Å². The minimum absolute atomic E-state index is 0.0730. The molecule has 2 aromatic rings. The molecule has 1 heterocycles. The molecule has 110 valence electrons. The van der Waals surface area contributed by atoms with Crippen molar-refractivity contribution in [3.63, 3.8) is 0 Å². The quantitative estimate of drug-likeness (QED) is 0.501. The van der Waals surface area contributed by atoms with Crippen molar-refractivity contribution in [1.29, 1.82) is 0 Å². The minimum atomic E-state index is -0.409. The van der Waals surface area contributed by atoms with Crippen LogP contribution in [0.2, 0.25) is 5.15 Å². The summed E-state index contributed by atoms with van der Waals surface area (Å²) in [4.78, 5) is 18.5. The highest BCUT2D eigenvalue weighted by molar-refractivity contribution is 6.30. The van der Waals surface area contributed by atoms with Crippen molar-refractivity contribution < 1.29 is 4.92 Å². The molecule has 1 aromatic carbocycles. The Balaban J connectivity index is 2.15. The number of rotatable bonds is 6. The molecule has 0 bridgehead atoms. The lowest BCUT2D eigenvalue weighted by Crippen LogP contribution is -2.06. The number of nitrogens with zero attached hydrogens (tertiary/aromatic N) is 3. The van der Waals surface area contributed by atoms with Crippen LogP contribution in [0.5, 0.6) is 0 Å². The third-order valence-corrected chi connectivity index (χ3v) is 3.30. The molecule has 0 aliphatic heterocycles. The van der Waals surface area contributed by atoms with Crippen molar-refractivity contribution in [1.82, 2.24) is 9.97 Å². The van der Waals surface area contributed by atoms with Crippen LogP contribution in [-0.4, -0.2) is 14.9 Å². The first-order chi connectivity index (χ1) is 10.1. The second-order valence-corrected chi connectivity index (χ2v) is 4.88. The Labute approximate surface area is 127 Å². The van der Waals surface area contributed by atoms with E-state index in [-0.39, 0.29) is 5.69 Å². The van der Waals surface area contributed by atoms with Crippen LogP contribution in [-0.2, 0) is 13.0 Å². The molecule has 6 nitrogen and oxygen atoms in total. The van der Waals surface area contributed by atoms with Crippen LogP contribution in [0, 0.1) is 10.1 Å². The summed E-state index contributed by atoms with van der Waals surface area (Å²) < 4.78 is 0. The first-order valence-corrected chi connectivity index (χ1v) is 6.96. The monoisotopic (exact) mass is 306 g/mol. The summed E-state index contributed by atoms with van der Waals surface area (Å²) in [5.41, 5.74) is 1.75. The first kappa shape index (κ1) is 15.2. The fourth-order valence-electron chi connectivity index (χ4n) is 1.98. The van der Waals surface area contributed by atoms with E-state index < -0.39 is 4.92 Å². The van der Waals surface area contributed by atoms with Crippen LogP contribution in [0.25, 0.3) is 0 Å². The highest BCUT2D eigenvalue weighted by Crippen LogP contribution is 2.22. The van der Waals surface area contributed by atoms with E-state index >= 15 is 0 Å². The van der Waals surface area contributed by atoms with Gasteiger partial charge in [-0.05, 0) is 12.0 Å². The molecule has 0 amide bonds. The molecule has 0 spiro atoms. The lowest BCUT2D eigenvalue weighted by molar-refractivity contribution is -0.384. The van der Waals surface area contributed by atoms with E-state index in [1.165, 1.54) is 18.5 Å². The Morgan fingerprint density at radius 3 is 2.90 bits per heavy atom. The standard InChI is InChI=1S/C14H15ClN4O2/c1-2-4-12-13(15)17-9-18-14(12)16-8-10-5-3-6-11(7-10)19(20)21/h3,5-7,9H,2,4,8H2,1H3,(H,16,17,18). The van der Waals surface area contributed by atoms with Gasteiger partial charge < -0.3 is 5.32 Å². The zero-order chi connectivity index (χ0) is 15.2. The summed E-state index contributed by atoms with van der Waals surface area (Å²) >= 11 is 6.08. The molecule has 0 saturated heterocycles. The predicted octanol–water partition coefficient (Wildman–Crippen LogP) is 3.60. The zero-order valence-electron chi connectivity index (χ0n) is 11.5. The van der Waals surface area contributed by atoms with Gasteiger partial charge in [-0.25, -0.2) is 9.97 Å². The zero-order valence-corrected chi connectivity index (χ0v) is 12.3. The van der Waals surface area contributed by atoms with Crippen molar-refractivity contribution in [2.75, 3.05) is 5.32 Å². The van der Waals surface area contributed by atoms with Gasteiger partial charge in [0.05, 0.1) is 4.92 Å². The van der Waals surface area contributed by atoms with Gasteiger partial charge in [-0.3, -0.25) is 10.1 Å². The van der Waals surface area contributed by atoms with E-state index in [0.717, 1.165) is 24.0 Å². The SMILES string of the molecule is CCCc1c(Cl)ncnc1NCc1cccc([N+](=O)[O-])c1. The third-order valence-electron chi connectivity index (χ3n) is 2.97. The van der Waals surface area contributed by atoms with Gasteiger partial charge in [0.25, 0.3) is 5.69 Å². The van der Waals surface area contributed by atoms with Crippen LogP contribution in [0.15, 0.2) is 30.6 Å². The van der Waals surface area contributed by atoms with Crippen LogP contribution in [0.1, 0.15) is 24.5 Å². The molecule has 1 aromatic heterocycles. The number of hydrogen-bond acceptors (Lipinski definition) is 5. The van der Waals surface area contributed by atoms with Crippen molar-refractivity contribution in [2.24, 2.45) is 0 Å². The molecular weight excluding hydrogens is 292 g/mol. The maximum atomic E-state index is 10.8. The van der Waals surface area contributed by atoms with Crippen molar-refractivity contribution in [3.05, 3.63) is 57.0 Å². The smallest absolute Gasteiger partial charge is 0.269 e. The lowest BCUT2D eigenvalue weighted by Gasteiger charge is -2.11. The Kier molecular flexibility index (Phi) is 5.05. The summed E-state index contributed by atoms with van der Waals surface area (Å²) in [5, 5.41) is 14.4. The molecule has 7 heteroatoms. The molecule has 0 radical (unpaired) electrons. The van der Waals surface area contributed by atoms with Gasteiger partial charge >= 0.3 is 0 Å². The van der Waals surface area contributed by atoms with Gasteiger partial charge in [-0.2, -0.15) is 0 Å². The highest BCUT2D eigenvalue weighted by atomic mass is 35.5. The second kappa shape index (κ2) is 6.99. The van der Waals surface area contributed by atoms with Crippen LogP contribution >= 0.6 is 11.6 Å². The number of halogens is 1. The Morgan fingerprint density at radius 2 is 2.19 bits per heavy atom. The summed E-state index contributed by atoms with van der Waals surface area (Å²) in [6, 6.07) is 6.49. The van der Waals surface area contributed by atoms with E-state index in [9.17, 15) is 10.1 Å². The van der Waals surface area contributed by atoms with Crippen molar-refractivity contribution in [3.8, 4) is 0 Å². The van der Waals surface area contributed by atoms with Gasteiger partial charge in [0.15, 0.2) is 0 Å². The number of benzene rings is 1. The molecular formula is C14H15ClN4O2. The normalized spacial score (nSPS) is 10.4. The molecule has 0 aliphatic carbocycles. The van der Waals surface area contributed by atoms with Crippen LogP contribution in [0.4, 0.5) is 11.5 Å². The largest absolute Gasteiger partial charge is 0.366 e. The molecule has 0 aliphatic rings. The lowest BCUT2D eigenvalue weighted by atomic mass is 10.1. The number of non-ortho nitro benzene ring substituents is 1. The fourth-order valence-corrected chi connectivity index (χ4v) is 2.21. The summed E-state index contributed by atoms with van der Waals surface area (Å²) in [7, 11) is 0. The second-order valence-electron chi connectivity index (χ2n) is 4.52. The third kappa shape index (κ3) is 3.88. The van der Waals surface area contributed by atoms with Crippen molar-refractivity contribution in [2.45, 2.75) is 26.3 Å². The Hall–Kier alpha value is -2.21. The molecule has 1 N–H and O–H groups in total. The van der Waals surface area contributed by atoms with Crippen molar-refractivity contribution >= 4 is 23.1 Å². The predicted molar refractivity (Wildman–Crippen MR) is 81.5 cm³/mol. The Bertz CT molecular complexity index is 649. The van der Waals surface area contributed by atoms with Gasteiger partial charge in [-0.15, -0.1) is 0 Å².